The van der Waals surface area contributed by atoms with Gasteiger partial charge in [-0.2, -0.15) is 0 Å². The lowest BCUT2D eigenvalue weighted by atomic mass is 10.1. The van der Waals surface area contributed by atoms with Gasteiger partial charge in [-0.05, 0) is 49.2 Å². The number of benzene rings is 1. The third-order valence-electron chi connectivity index (χ3n) is 3.00. The lowest BCUT2D eigenvalue weighted by molar-refractivity contribution is -0.269. The first-order chi connectivity index (χ1) is 10.1. The molecule has 0 bridgehead atoms. The summed E-state index contributed by atoms with van der Waals surface area (Å²) in [5, 5.41) is 8.79. The Kier molecular flexibility index (Phi) is 5.93. The predicted molar refractivity (Wildman–Crippen MR) is 86.7 cm³/mol. The molecule has 0 spiro atoms. The van der Waals surface area contributed by atoms with E-state index in [2.05, 4.69) is 16.5 Å². The highest BCUT2D eigenvalue weighted by atomic mass is 32.2. The van der Waals surface area contributed by atoms with Gasteiger partial charge in [-0.3, -0.25) is 10.1 Å². The molecular formula is C15H17NO3S2. The van der Waals surface area contributed by atoms with E-state index < -0.39 is 6.10 Å². The van der Waals surface area contributed by atoms with Gasteiger partial charge in [0.15, 0.2) is 9.45 Å². The van der Waals surface area contributed by atoms with Crippen LogP contribution < -0.4 is 0 Å². The monoisotopic (exact) mass is 323 g/mol. The number of hydrogen-bond acceptors (Lipinski definition) is 6. The van der Waals surface area contributed by atoms with Crippen LogP contribution in [0.2, 0.25) is 0 Å². The van der Waals surface area contributed by atoms with Crippen molar-refractivity contribution in [2.45, 2.75) is 36.6 Å². The molecule has 0 aliphatic rings. The number of thiazole rings is 1. The number of nitrogens with zero attached hydrogens (tertiary/aromatic N) is 1. The maximum atomic E-state index is 11.9. The van der Waals surface area contributed by atoms with Crippen LogP contribution >= 0.6 is 23.1 Å². The molecule has 21 heavy (non-hydrogen) atoms. The number of hydrogen-bond donors (Lipinski definition) is 1. The zero-order valence-corrected chi connectivity index (χ0v) is 13.4. The molecular weight excluding hydrogens is 306 g/mol. The fourth-order valence-corrected chi connectivity index (χ4v) is 3.86. The highest BCUT2D eigenvalue weighted by Crippen LogP contribution is 2.30. The molecule has 0 aliphatic heterocycles. The molecule has 6 heteroatoms. The van der Waals surface area contributed by atoms with E-state index in [9.17, 15) is 4.79 Å². The summed E-state index contributed by atoms with van der Waals surface area (Å²) in [6, 6.07) is 7.84. The SMILES string of the molecule is C=C(C)C(CCCC(=O)Sc1nc2ccccc2s1)OO. The number of rotatable bonds is 7. The van der Waals surface area contributed by atoms with Crippen molar-refractivity contribution < 1.29 is 14.9 Å². The lowest BCUT2D eigenvalue weighted by Crippen LogP contribution is -2.12. The van der Waals surface area contributed by atoms with Crippen molar-refractivity contribution in [3.05, 3.63) is 36.4 Å². The molecule has 0 fully saturated rings. The highest BCUT2D eigenvalue weighted by molar-refractivity contribution is 8.15. The van der Waals surface area contributed by atoms with Crippen molar-refractivity contribution in [2.75, 3.05) is 0 Å². The normalized spacial score (nSPS) is 12.5. The maximum absolute atomic E-state index is 11.9. The largest absolute Gasteiger partial charge is 0.287 e. The van der Waals surface area contributed by atoms with Crippen LogP contribution in [0.25, 0.3) is 10.2 Å². The summed E-state index contributed by atoms with van der Waals surface area (Å²) in [4.78, 5) is 20.7. The Morgan fingerprint density at radius 1 is 1.52 bits per heavy atom. The molecule has 2 aromatic rings. The van der Waals surface area contributed by atoms with Gasteiger partial charge in [0.25, 0.3) is 0 Å². The molecule has 1 atom stereocenters. The molecule has 0 saturated carbocycles. The summed E-state index contributed by atoms with van der Waals surface area (Å²) in [5.41, 5.74) is 1.68. The van der Waals surface area contributed by atoms with E-state index in [1.165, 1.54) is 23.1 Å². The maximum Gasteiger partial charge on any atom is 0.195 e. The van der Waals surface area contributed by atoms with Crippen LogP contribution in [-0.4, -0.2) is 21.5 Å². The molecule has 1 N–H and O–H groups in total. The zero-order chi connectivity index (χ0) is 15.2. The van der Waals surface area contributed by atoms with Crippen LogP contribution in [0.1, 0.15) is 26.2 Å². The average Bonchev–Trinajstić information content (AvgIpc) is 2.85. The van der Waals surface area contributed by atoms with Crippen LogP contribution in [0, 0.1) is 0 Å². The van der Waals surface area contributed by atoms with Crippen molar-refractivity contribution >= 4 is 38.4 Å². The number of carbonyl (C=O) groups excluding carboxylic acids is 1. The van der Waals surface area contributed by atoms with Gasteiger partial charge in [-0.25, -0.2) is 9.87 Å². The van der Waals surface area contributed by atoms with Gasteiger partial charge in [0.2, 0.25) is 0 Å². The van der Waals surface area contributed by atoms with Gasteiger partial charge in [0, 0.05) is 6.42 Å². The second-order valence-electron chi connectivity index (χ2n) is 4.75. The number of thioether (sulfide) groups is 1. The number of para-hydroxylation sites is 1. The Balaban J connectivity index is 1.83. The second kappa shape index (κ2) is 7.70. The number of aromatic nitrogens is 1. The minimum atomic E-state index is -0.398. The number of carbonyl (C=O) groups is 1. The fourth-order valence-electron chi connectivity index (χ4n) is 1.86. The summed E-state index contributed by atoms with van der Waals surface area (Å²) in [7, 11) is 0. The predicted octanol–water partition coefficient (Wildman–Crippen LogP) is 4.52. The summed E-state index contributed by atoms with van der Waals surface area (Å²) >= 11 is 2.71. The summed E-state index contributed by atoms with van der Waals surface area (Å²) in [6.45, 7) is 5.52. The fraction of sp³-hybridized carbons (Fsp3) is 0.333. The molecule has 1 aromatic heterocycles. The molecule has 0 amide bonds. The smallest absolute Gasteiger partial charge is 0.195 e. The first kappa shape index (κ1) is 16.2. The third-order valence-corrected chi connectivity index (χ3v) is 5.03. The van der Waals surface area contributed by atoms with Crippen molar-refractivity contribution in [2.24, 2.45) is 0 Å². The van der Waals surface area contributed by atoms with E-state index in [4.69, 9.17) is 5.26 Å². The minimum Gasteiger partial charge on any atom is -0.287 e. The van der Waals surface area contributed by atoms with Gasteiger partial charge < -0.3 is 0 Å². The lowest BCUT2D eigenvalue weighted by Gasteiger charge is -2.11. The minimum absolute atomic E-state index is 0.0764. The van der Waals surface area contributed by atoms with Crippen LogP contribution in [0.4, 0.5) is 0 Å². The zero-order valence-electron chi connectivity index (χ0n) is 11.7. The summed E-state index contributed by atoms with van der Waals surface area (Å²) in [6.07, 6.45) is 1.26. The topological polar surface area (TPSA) is 59.4 Å². The molecule has 2 rings (SSSR count). The summed E-state index contributed by atoms with van der Waals surface area (Å²) in [5.74, 6) is 0. The Labute approximate surface area is 131 Å². The van der Waals surface area contributed by atoms with Crippen LogP contribution in [0.5, 0.6) is 0 Å². The first-order valence-corrected chi connectivity index (χ1v) is 8.25. The van der Waals surface area contributed by atoms with E-state index in [0.29, 0.717) is 19.3 Å². The van der Waals surface area contributed by atoms with Crippen molar-refractivity contribution in [3.8, 4) is 0 Å². The standard InChI is InChI=1S/C15H17NO3S2/c1-10(2)12(19-18)7-5-9-14(17)21-15-16-11-6-3-4-8-13(11)20-15/h3-4,6,8,12,18H,1,5,7,9H2,2H3. The molecule has 1 heterocycles. The third kappa shape index (κ3) is 4.64. The quantitative estimate of drug-likeness (QED) is 0.351. The van der Waals surface area contributed by atoms with Gasteiger partial charge in [-0.1, -0.05) is 18.7 Å². The Hall–Kier alpha value is -1.21. The molecule has 0 radical (unpaired) electrons. The van der Waals surface area contributed by atoms with Crippen molar-refractivity contribution in [1.82, 2.24) is 4.98 Å². The van der Waals surface area contributed by atoms with E-state index in [1.54, 1.807) is 6.92 Å². The Morgan fingerprint density at radius 2 is 2.29 bits per heavy atom. The van der Waals surface area contributed by atoms with E-state index in [0.717, 1.165) is 20.1 Å². The molecule has 0 aliphatic carbocycles. The van der Waals surface area contributed by atoms with Crippen molar-refractivity contribution in [1.29, 1.82) is 0 Å². The highest BCUT2D eigenvalue weighted by Gasteiger charge is 2.13. The van der Waals surface area contributed by atoms with E-state index in [1.807, 2.05) is 24.3 Å². The molecule has 112 valence electrons. The van der Waals surface area contributed by atoms with E-state index in [-0.39, 0.29) is 5.12 Å². The van der Waals surface area contributed by atoms with Gasteiger partial charge in [-0.15, -0.1) is 11.3 Å². The van der Waals surface area contributed by atoms with E-state index >= 15 is 0 Å². The van der Waals surface area contributed by atoms with Crippen molar-refractivity contribution in [3.63, 3.8) is 0 Å². The van der Waals surface area contributed by atoms with Gasteiger partial charge in [0.1, 0.15) is 6.10 Å². The van der Waals surface area contributed by atoms with Gasteiger partial charge in [0.05, 0.1) is 10.2 Å². The molecule has 0 saturated heterocycles. The first-order valence-electron chi connectivity index (χ1n) is 6.62. The number of fused-ring (bicyclic) bond motifs is 1. The molecule has 4 nitrogen and oxygen atoms in total. The summed E-state index contributed by atoms with van der Waals surface area (Å²) < 4.78 is 1.86. The Morgan fingerprint density at radius 3 is 2.95 bits per heavy atom. The molecule has 1 aromatic carbocycles. The van der Waals surface area contributed by atoms with Crippen LogP contribution in [0.15, 0.2) is 40.8 Å². The second-order valence-corrected chi connectivity index (χ2v) is 7.09. The van der Waals surface area contributed by atoms with Crippen LogP contribution in [0.3, 0.4) is 0 Å². The average molecular weight is 323 g/mol. The van der Waals surface area contributed by atoms with Crippen LogP contribution in [-0.2, 0) is 9.68 Å². The van der Waals surface area contributed by atoms with Gasteiger partial charge >= 0.3 is 0 Å². The molecule has 1 unspecified atom stereocenters. The Bertz CT molecular complexity index is 606.